The van der Waals surface area contributed by atoms with Crippen LogP contribution in [0.25, 0.3) is 0 Å². The predicted molar refractivity (Wildman–Crippen MR) is 105 cm³/mol. The summed E-state index contributed by atoms with van der Waals surface area (Å²) in [4.78, 5) is 37.7. The molecule has 5 heteroatoms. The molecule has 1 fully saturated rings. The van der Waals surface area contributed by atoms with Crippen LogP contribution < -0.4 is 0 Å². The number of hydrogen-bond acceptors (Lipinski definition) is 4. The minimum absolute atomic E-state index is 0.0306. The number of rotatable bonds is 3. The third-order valence-electron chi connectivity index (χ3n) is 7.04. The quantitative estimate of drug-likeness (QED) is 0.467. The van der Waals surface area contributed by atoms with Crippen LogP contribution in [0, 0.1) is 17.3 Å². The molecule has 0 radical (unpaired) electrons. The summed E-state index contributed by atoms with van der Waals surface area (Å²) >= 11 is 0. The molecule has 0 spiro atoms. The van der Waals surface area contributed by atoms with E-state index in [4.69, 9.17) is 5.10 Å². The van der Waals surface area contributed by atoms with E-state index < -0.39 is 16.7 Å². The normalized spacial score (nSPS) is 28.4. The second kappa shape index (κ2) is 6.23. The largest absolute Gasteiger partial charge is 0.303 e. The van der Waals surface area contributed by atoms with Crippen LogP contribution in [-0.2, 0) is 28.5 Å². The molecule has 1 saturated carbocycles. The maximum atomic E-state index is 13.2. The molecule has 2 aliphatic carbocycles. The van der Waals surface area contributed by atoms with Gasteiger partial charge in [0.1, 0.15) is 17.8 Å². The van der Waals surface area contributed by atoms with E-state index in [0.29, 0.717) is 17.7 Å². The van der Waals surface area contributed by atoms with Gasteiger partial charge in [-0.15, -0.1) is 0 Å². The average Bonchev–Trinajstić information content (AvgIpc) is 3.02. The van der Waals surface area contributed by atoms with Gasteiger partial charge in [0.15, 0.2) is 0 Å². The Morgan fingerprint density at radius 1 is 1.21 bits per heavy atom. The third-order valence-corrected chi connectivity index (χ3v) is 7.04. The molecular weight excluding hydrogens is 352 g/mol. The van der Waals surface area contributed by atoms with E-state index in [0.717, 1.165) is 30.4 Å². The number of benzene rings is 1. The van der Waals surface area contributed by atoms with Crippen molar-refractivity contribution in [2.45, 2.75) is 45.4 Å². The lowest BCUT2D eigenvalue weighted by Gasteiger charge is -2.53. The molecule has 28 heavy (non-hydrogen) atoms. The molecule has 0 N–H and O–H groups in total. The van der Waals surface area contributed by atoms with Crippen molar-refractivity contribution in [3.8, 4) is 0 Å². The minimum Gasteiger partial charge on any atom is -0.303 e. The van der Waals surface area contributed by atoms with Gasteiger partial charge in [-0.1, -0.05) is 51.1 Å². The Labute approximate surface area is 165 Å². The topological polar surface area (TPSA) is 69.0 Å². The summed E-state index contributed by atoms with van der Waals surface area (Å²) in [6.07, 6.45) is 2.79. The number of carbonyl (C=O) groups excluding carboxylic acids is 3. The van der Waals surface area contributed by atoms with Crippen LogP contribution in [0.3, 0.4) is 0 Å². The molecule has 3 atom stereocenters. The second-order valence-corrected chi connectivity index (χ2v) is 9.04. The van der Waals surface area contributed by atoms with Crippen molar-refractivity contribution < 1.29 is 14.4 Å². The molecule has 0 aliphatic heterocycles. The number of nitrogens with zero attached hydrogens (tertiary/aromatic N) is 2. The fraction of sp³-hybridized carbons (Fsp3) is 0.478. The van der Waals surface area contributed by atoms with Crippen LogP contribution >= 0.6 is 0 Å². The van der Waals surface area contributed by atoms with Crippen molar-refractivity contribution in [3.05, 3.63) is 52.8 Å². The first-order valence-electron chi connectivity index (χ1n) is 9.87. The van der Waals surface area contributed by atoms with Gasteiger partial charge in [0.2, 0.25) is 5.78 Å². The van der Waals surface area contributed by atoms with Crippen LogP contribution in [0.15, 0.2) is 30.3 Å². The molecule has 4 rings (SSSR count). The maximum absolute atomic E-state index is 13.2. The number of fused-ring (bicyclic) bond motifs is 3. The Bertz CT molecular complexity index is 973. The van der Waals surface area contributed by atoms with Crippen LogP contribution in [-0.4, -0.2) is 27.6 Å². The number of aryl methyl sites for hydroxylation is 1. The maximum Gasteiger partial charge on any atom is 0.211 e. The second-order valence-electron chi connectivity index (χ2n) is 9.04. The summed E-state index contributed by atoms with van der Waals surface area (Å²) in [5, 5.41) is 4.78. The summed E-state index contributed by atoms with van der Waals surface area (Å²) in [7, 11) is 1.81. The number of aldehydes is 1. The minimum atomic E-state index is -0.613. The molecule has 1 unspecified atom stereocenters. The van der Waals surface area contributed by atoms with Gasteiger partial charge in [-0.2, -0.15) is 5.10 Å². The molecule has 2 aromatic rings. The Morgan fingerprint density at radius 3 is 2.54 bits per heavy atom. The van der Waals surface area contributed by atoms with Crippen molar-refractivity contribution >= 4 is 17.9 Å². The number of ketones is 2. The zero-order valence-electron chi connectivity index (χ0n) is 16.9. The highest BCUT2D eigenvalue weighted by Crippen LogP contribution is 2.56. The molecule has 0 bridgehead atoms. The van der Waals surface area contributed by atoms with Crippen LogP contribution in [0.2, 0.25) is 0 Å². The number of carbonyl (C=O) groups is 3. The first kappa shape index (κ1) is 18.8. The number of hydrogen-bond donors (Lipinski definition) is 0. The van der Waals surface area contributed by atoms with Gasteiger partial charge in [0.05, 0.1) is 11.6 Å². The Morgan fingerprint density at radius 2 is 1.89 bits per heavy atom. The van der Waals surface area contributed by atoms with Crippen molar-refractivity contribution in [2.75, 3.05) is 0 Å². The molecule has 146 valence electrons. The highest BCUT2D eigenvalue weighted by atomic mass is 16.1. The first-order chi connectivity index (χ1) is 13.2. The van der Waals surface area contributed by atoms with Crippen molar-refractivity contribution in [1.82, 2.24) is 9.78 Å². The average molecular weight is 378 g/mol. The van der Waals surface area contributed by atoms with Gasteiger partial charge in [-0.3, -0.25) is 14.3 Å². The van der Waals surface area contributed by atoms with E-state index in [1.165, 1.54) is 0 Å². The van der Waals surface area contributed by atoms with Gasteiger partial charge < -0.3 is 4.79 Å². The lowest BCUT2D eigenvalue weighted by Crippen LogP contribution is -2.56. The Hall–Kier alpha value is -2.56. The number of Topliss-reactive ketones (excluding diaryl/α,β-unsaturated/α-hetero) is 1. The Kier molecular flexibility index (Phi) is 4.18. The van der Waals surface area contributed by atoms with E-state index >= 15 is 0 Å². The van der Waals surface area contributed by atoms with Crippen LogP contribution in [0.5, 0.6) is 0 Å². The SMILES string of the molecule is Cn1nc2c(c1C(=O)c1ccccc1)CC[C@H]1C(C)(C)C(=O)C(C=O)C[C@]21C. The number of aromatic nitrogens is 2. The standard InChI is InChI=1S/C23H26N2O3/c1-22(2)17-11-10-16-18(19(27)14-8-6-5-7-9-14)25(4)24-20(16)23(17,3)12-15(13-26)21(22)28/h5-9,13,15,17H,10-12H2,1-4H3/t15?,17-,23-/m0/s1. The van der Waals surface area contributed by atoms with E-state index in [-0.39, 0.29) is 17.5 Å². The van der Waals surface area contributed by atoms with Gasteiger partial charge in [-0.05, 0) is 25.2 Å². The summed E-state index contributed by atoms with van der Waals surface area (Å²) in [6, 6.07) is 9.25. The molecular formula is C23H26N2O3. The summed E-state index contributed by atoms with van der Waals surface area (Å²) in [5.41, 5.74) is 2.15. The van der Waals surface area contributed by atoms with Gasteiger partial charge in [0, 0.05) is 29.0 Å². The zero-order valence-corrected chi connectivity index (χ0v) is 16.9. The van der Waals surface area contributed by atoms with Crippen molar-refractivity contribution in [1.29, 1.82) is 0 Å². The van der Waals surface area contributed by atoms with Crippen LogP contribution in [0.4, 0.5) is 0 Å². The summed E-state index contributed by atoms with van der Waals surface area (Å²) < 4.78 is 1.69. The van der Waals surface area contributed by atoms with Gasteiger partial charge in [-0.25, -0.2) is 0 Å². The first-order valence-corrected chi connectivity index (χ1v) is 9.87. The van der Waals surface area contributed by atoms with E-state index in [9.17, 15) is 14.4 Å². The molecule has 1 aromatic carbocycles. The van der Waals surface area contributed by atoms with E-state index in [2.05, 4.69) is 6.92 Å². The predicted octanol–water partition coefficient (Wildman–Crippen LogP) is 3.29. The van der Waals surface area contributed by atoms with Crippen molar-refractivity contribution in [2.24, 2.45) is 24.3 Å². The molecule has 1 aromatic heterocycles. The fourth-order valence-corrected chi connectivity index (χ4v) is 5.75. The molecule has 1 heterocycles. The monoisotopic (exact) mass is 378 g/mol. The summed E-state index contributed by atoms with van der Waals surface area (Å²) in [6.45, 7) is 6.03. The van der Waals surface area contributed by atoms with E-state index in [1.807, 2.05) is 51.2 Å². The van der Waals surface area contributed by atoms with Crippen LogP contribution in [0.1, 0.15) is 60.9 Å². The fourth-order valence-electron chi connectivity index (χ4n) is 5.75. The molecule has 5 nitrogen and oxygen atoms in total. The summed E-state index contributed by atoms with van der Waals surface area (Å²) in [5.74, 6) is -0.509. The lowest BCUT2D eigenvalue weighted by molar-refractivity contribution is -0.145. The molecule has 0 saturated heterocycles. The lowest BCUT2D eigenvalue weighted by atomic mass is 9.49. The van der Waals surface area contributed by atoms with Gasteiger partial charge >= 0.3 is 0 Å². The molecule has 2 aliphatic rings. The van der Waals surface area contributed by atoms with Crippen molar-refractivity contribution in [3.63, 3.8) is 0 Å². The zero-order chi connectivity index (χ0) is 20.3. The molecule has 0 amide bonds. The van der Waals surface area contributed by atoms with Gasteiger partial charge in [0.25, 0.3) is 0 Å². The highest BCUT2D eigenvalue weighted by molar-refractivity contribution is 6.09. The van der Waals surface area contributed by atoms with E-state index in [1.54, 1.807) is 4.68 Å². The smallest absolute Gasteiger partial charge is 0.211 e. The third kappa shape index (κ3) is 2.45. The Balaban J connectivity index is 1.85. The highest BCUT2D eigenvalue weighted by Gasteiger charge is 2.58.